The number of aromatic nitrogens is 2. The van der Waals surface area contributed by atoms with Crippen molar-refractivity contribution in [3.63, 3.8) is 0 Å². The number of aliphatic carboxylic acids is 1. The number of carboxylic acids is 2. The number of nitrogens with zero attached hydrogens (tertiary/aromatic N) is 4. The number of hydrogen-bond donors (Lipinski definition) is 4. The number of carbonyl (C=O) groups is 6. The predicted molar refractivity (Wildman–Crippen MR) is 308 cm³/mol. The molecule has 0 unspecified atom stereocenters. The summed E-state index contributed by atoms with van der Waals surface area (Å²) in [6.07, 6.45) is 22.5. The molecule has 5 aliphatic rings. The third kappa shape index (κ3) is 11.9. The molecule has 7 aromatic rings. The number of rotatable bonds is 15. The molecule has 5 fully saturated rings. The van der Waals surface area contributed by atoms with Crippen LogP contribution in [-0.2, 0) is 41.7 Å². The topological polar surface area (TPSA) is 228 Å². The first-order valence-electron chi connectivity index (χ1n) is 28.9. The van der Waals surface area contributed by atoms with Gasteiger partial charge in [-0.3, -0.25) is 19.2 Å². The number of nitrogens with one attached hydrogen (secondary N) is 2. The quantitative estimate of drug-likeness (QED) is 0.0703. The van der Waals surface area contributed by atoms with Crippen molar-refractivity contribution in [2.24, 2.45) is 0 Å². The van der Waals surface area contributed by atoms with E-state index in [0.29, 0.717) is 94.1 Å². The van der Waals surface area contributed by atoms with Crippen LogP contribution in [0.2, 0.25) is 0 Å². The lowest BCUT2D eigenvalue weighted by molar-refractivity contribution is -0.136. The van der Waals surface area contributed by atoms with Crippen LogP contribution in [0, 0.1) is 0 Å². The molecule has 428 valence electrons. The van der Waals surface area contributed by atoms with Crippen LogP contribution in [0.5, 0.6) is 0 Å². The second kappa shape index (κ2) is 24.9. The number of amides is 4. The second-order valence-electron chi connectivity index (χ2n) is 22.3. The van der Waals surface area contributed by atoms with E-state index in [0.717, 1.165) is 95.3 Å². The number of fused-ring (bicyclic) bond motifs is 2. The highest BCUT2D eigenvalue weighted by atomic mass is 16.5. The third-order valence-corrected chi connectivity index (χ3v) is 17.2. The molecule has 0 bridgehead atoms. The minimum absolute atomic E-state index is 0.00368. The largest absolute Gasteiger partial charge is 0.478 e. The van der Waals surface area contributed by atoms with Crippen LogP contribution < -0.4 is 10.6 Å². The summed E-state index contributed by atoms with van der Waals surface area (Å²) < 4.78 is 25.9. The van der Waals surface area contributed by atoms with Crippen molar-refractivity contribution in [3.05, 3.63) is 132 Å². The lowest BCUT2D eigenvalue weighted by atomic mass is 9.75. The second-order valence-corrected chi connectivity index (χ2v) is 22.3. The summed E-state index contributed by atoms with van der Waals surface area (Å²) in [4.78, 5) is 80.8. The molecule has 3 saturated carbocycles. The van der Waals surface area contributed by atoms with Crippen LogP contribution in [-0.4, -0.2) is 123 Å². The number of benzene rings is 3. The Morgan fingerprint density at radius 2 is 1.07 bits per heavy atom. The summed E-state index contributed by atoms with van der Waals surface area (Å²) in [5.74, 6) is -1.95. The van der Waals surface area contributed by atoms with Crippen LogP contribution in [0.3, 0.4) is 0 Å². The predicted octanol–water partition coefficient (Wildman–Crippen LogP) is 10.7. The number of morpholine rings is 2. The minimum atomic E-state index is -1.06. The fourth-order valence-electron chi connectivity index (χ4n) is 12.8. The maximum absolute atomic E-state index is 14.0. The number of anilines is 1. The van der Waals surface area contributed by atoms with Gasteiger partial charge in [0.25, 0.3) is 5.91 Å². The summed E-state index contributed by atoms with van der Waals surface area (Å²) >= 11 is 0. The van der Waals surface area contributed by atoms with Crippen LogP contribution in [0.1, 0.15) is 133 Å². The molecular weight excluding hydrogens is 1040 g/mol. The van der Waals surface area contributed by atoms with Crippen LogP contribution in [0.15, 0.2) is 113 Å². The van der Waals surface area contributed by atoms with E-state index in [1.165, 1.54) is 42.9 Å². The number of carbonyl (C=O) groups excluding carboxylic acids is 4. The van der Waals surface area contributed by atoms with E-state index in [1.807, 2.05) is 50.8 Å². The van der Waals surface area contributed by atoms with Crippen molar-refractivity contribution in [1.82, 2.24) is 24.3 Å². The maximum atomic E-state index is 14.0. The van der Waals surface area contributed by atoms with E-state index in [9.17, 15) is 33.9 Å². The lowest BCUT2D eigenvalue weighted by Crippen LogP contribution is -2.61. The molecule has 18 nitrogen and oxygen atoms in total. The Hall–Kier alpha value is -8.22. The van der Waals surface area contributed by atoms with E-state index < -0.39 is 17.5 Å². The summed E-state index contributed by atoms with van der Waals surface area (Å²) in [6.45, 7) is 4.62. The summed E-state index contributed by atoms with van der Waals surface area (Å²) in [6, 6.07) is 21.7. The minimum Gasteiger partial charge on any atom is -0.478 e. The van der Waals surface area contributed by atoms with Gasteiger partial charge in [0.15, 0.2) is 0 Å². The molecule has 82 heavy (non-hydrogen) atoms. The Bertz CT molecular complexity index is 3470. The molecule has 0 spiro atoms. The summed E-state index contributed by atoms with van der Waals surface area (Å²) in [5.41, 5.74) is 8.59. The molecule has 6 heterocycles. The molecule has 4 amide bonds. The van der Waals surface area contributed by atoms with Gasteiger partial charge in [-0.05, 0) is 128 Å². The zero-order valence-corrected chi connectivity index (χ0v) is 46.1. The van der Waals surface area contributed by atoms with Crippen molar-refractivity contribution >= 4 is 69.1 Å². The highest BCUT2D eigenvalue weighted by Gasteiger charge is 2.46. The first kappa shape index (κ1) is 55.7. The van der Waals surface area contributed by atoms with E-state index in [1.54, 1.807) is 61.5 Å². The highest BCUT2D eigenvalue weighted by Crippen LogP contribution is 2.46. The molecular formula is C64H70N6O12. The summed E-state index contributed by atoms with van der Waals surface area (Å²) in [5, 5.41) is 26.5. The first-order chi connectivity index (χ1) is 39.9. The number of hydrogen-bond acceptors (Lipinski definition) is 10. The molecule has 4 N–H and O–H groups in total. The average molecular weight is 1120 g/mol. The Morgan fingerprint density at radius 1 is 0.585 bits per heavy atom. The Morgan fingerprint density at radius 3 is 1.51 bits per heavy atom. The van der Waals surface area contributed by atoms with Crippen LogP contribution >= 0.6 is 0 Å². The number of carboxylic acid groups (broad SMARTS) is 2. The number of furan rings is 2. The van der Waals surface area contributed by atoms with Crippen molar-refractivity contribution in [1.29, 1.82) is 0 Å². The zero-order chi connectivity index (χ0) is 56.7. The van der Waals surface area contributed by atoms with E-state index >= 15 is 0 Å². The van der Waals surface area contributed by atoms with Gasteiger partial charge in [-0.2, -0.15) is 0 Å². The summed E-state index contributed by atoms with van der Waals surface area (Å²) in [7, 11) is 0. The van der Waals surface area contributed by atoms with Gasteiger partial charge in [-0.15, -0.1) is 0 Å². The van der Waals surface area contributed by atoms with E-state index in [-0.39, 0.29) is 42.3 Å². The maximum Gasteiger partial charge on any atom is 0.335 e. The molecule has 0 radical (unpaired) electrons. The van der Waals surface area contributed by atoms with Crippen molar-refractivity contribution < 1.29 is 57.3 Å². The third-order valence-electron chi connectivity index (χ3n) is 17.2. The Balaban J connectivity index is 0.000000189. The molecule has 2 saturated heterocycles. The molecule has 18 heteroatoms. The number of aromatic carboxylic acids is 1. The SMILES string of the molecule is O=C(O)/C=C/c1ccc(NC(=O)C2(NC(=O)c3ccc4c(C5CCCCC5)c(-c5ccoc5)n(CC(=O)N5CCOCC5)c4c3)CCC2)cc1.O=C(O)c1ccc2c(C3CCCCC3)c(-c3ccoc3)n(CC(=O)N3CCOCC3)c2c1. The standard InChI is InChI=1S/C39H42N4O7.C25H28N2O5/c44-33(42-18-21-49-22-19-42)24-43-32-23-28(10-13-31(32)35(27-5-2-1-3-6-27)36(43)29-15-20-50-25-29)37(47)41-39(16-4-17-39)38(48)40-30-11-7-26(8-12-30)9-14-34(45)46;28-22(26-9-12-31-13-10-26)15-27-21-14-18(25(29)30)6-7-20(21)23(17-4-2-1-3-5-17)24(27)19-8-11-32-16-19/h7-15,20,23,25,27H,1-6,16-19,21-22,24H2,(H,40,48)(H,41,47)(H,45,46);6-8,11,14,16-17H,1-5,9-10,12-13,15H2,(H,29,30)/b14-9+;. The smallest absolute Gasteiger partial charge is 0.335 e. The molecule has 3 aliphatic carbocycles. The normalized spacial score (nSPS) is 17.8. The van der Waals surface area contributed by atoms with Crippen LogP contribution in [0.4, 0.5) is 5.69 Å². The van der Waals surface area contributed by atoms with Crippen LogP contribution in [0.25, 0.3) is 50.4 Å². The van der Waals surface area contributed by atoms with Gasteiger partial charge in [0.2, 0.25) is 17.7 Å². The Kier molecular flexibility index (Phi) is 16.9. The monoisotopic (exact) mass is 1110 g/mol. The van der Waals surface area contributed by atoms with Gasteiger partial charge in [-0.1, -0.05) is 62.8 Å². The van der Waals surface area contributed by atoms with Gasteiger partial charge in [-0.25, -0.2) is 9.59 Å². The van der Waals surface area contributed by atoms with Crippen molar-refractivity contribution in [3.8, 4) is 22.5 Å². The first-order valence-corrected chi connectivity index (χ1v) is 28.9. The molecule has 2 aliphatic heterocycles. The van der Waals surface area contributed by atoms with Crippen molar-refractivity contribution in [2.45, 2.75) is 114 Å². The zero-order valence-electron chi connectivity index (χ0n) is 46.1. The molecule has 3 aromatic carbocycles. The van der Waals surface area contributed by atoms with Gasteiger partial charge < -0.3 is 58.1 Å². The van der Waals surface area contributed by atoms with Gasteiger partial charge in [0.1, 0.15) is 18.6 Å². The molecule has 0 atom stereocenters. The number of ether oxygens (including phenoxy) is 2. The molecule has 12 rings (SSSR count). The van der Waals surface area contributed by atoms with Gasteiger partial charge in [0, 0.05) is 65.4 Å². The Labute approximate surface area is 475 Å². The lowest BCUT2D eigenvalue weighted by Gasteiger charge is -2.40. The highest BCUT2D eigenvalue weighted by molar-refractivity contribution is 6.06. The average Bonchev–Trinajstić information content (AvgIpc) is 2.41. The fraction of sp³-hybridized carbons (Fsp3) is 0.406. The van der Waals surface area contributed by atoms with E-state index in [2.05, 4.69) is 15.2 Å². The fourth-order valence-corrected chi connectivity index (χ4v) is 12.8. The van der Waals surface area contributed by atoms with Gasteiger partial charge >= 0.3 is 11.9 Å². The molecule has 4 aromatic heterocycles. The van der Waals surface area contributed by atoms with E-state index in [4.69, 9.17) is 23.4 Å². The van der Waals surface area contributed by atoms with Gasteiger partial charge in [0.05, 0.1) is 79.5 Å². The van der Waals surface area contributed by atoms with Crippen molar-refractivity contribution in [2.75, 3.05) is 57.9 Å².